The molecule has 0 aliphatic heterocycles. The van der Waals surface area contributed by atoms with Gasteiger partial charge < -0.3 is 4.74 Å². The van der Waals surface area contributed by atoms with Gasteiger partial charge in [-0.25, -0.2) is 4.98 Å². The van der Waals surface area contributed by atoms with Gasteiger partial charge in [-0.3, -0.25) is 4.68 Å². The van der Waals surface area contributed by atoms with Crippen LogP contribution in [0.2, 0.25) is 0 Å². The Bertz CT molecular complexity index is 1080. The maximum atomic E-state index is 6.07. The van der Waals surface area contributed by atoms with Crippen molar-refractivity contribution in [2.75, 3.05) is 0 Å². The van der Waals surface area contributed by atoms with Crippen molar-refractivity contribution >= 4 is 17.0 Å². The van der Waals surface area contributed by atoms with Crippen LogP contribution in [0.1, 0.15) is 45.5 Å². The number of nitrogens with zero attached hydrogens (tertiary/aromatic N) is 7. The van der Waals surface area contributed by atoms with Crippen molar-refractivity contribution in [2.24, 2.45) is 0 Å². The molecule has 0 saturated carbocycles. The van der Waals surface area contributed by atoms with Crippen molar-refractivity contribution < 1.29 is 4.74 Å². The van der Waals surface area contributed by atoms with Crippen LogP contribution in [-0.4, -0.2) is 34.6 Å². The Hall–Kier alpha value is -2.81. The zero-order valence-corrected chi connectivity index (χ0v) is 17.3. The van der Waals surface area contributed by atoms with Crippen molar-refractivity contribution in [1.29, 1.82) is 0 Å². The molecule has 0 spiro atoms. The average molecular weight is 398 g/mol. The Morgan fingerprint density at radius 3 is 2.75 bits per heavy atom. The summed E-state index contributed by atoms with van der Waals surface area (Å²) >= 11 is 1.60. The first-order valence-corrected chi connectivity index (χ1v) is 10.2. The van der Waals surface area contributed by atoms with E-state index in [9.17, 15) is 0 Å². The van der Waals surface area contributed by atoms with Gasteiger partial charge in [-0.05, 0) is 29.3 Å². The molecule has 4 heterocycles. The first kappa shape index (κ1) is 18.5. The van der Waals surface area contributed by atoms with Gasteiger partial charge in [0.05, 0.1) is 4.88 Å². The van der Waals surface area contributed by atoms with Crippen LogP contribution in [0.4, 0.5) is 0 Å². The van der Waals surface area contributed by atoms with Crippen LogP contribution in [-0.2, 0) is 18.6 Å². The number of fused-ring (bicyclic) bond motifs is 1. The van der Waals surface area contributed by atoms with E-state index in [4.69, 9.17) is 9.84 Å². The molecule has 0 aromatic carbocycles. The molecule has 0 saturated heterocycles. The summed E-state index contributed by atoms with van der Waals surface area (Å²) in [4.78, 5) is 5.33. The van der Waals surface area contributed by atoms with Crippen molar-refractivity contribution in [3.8, 4) is 16.6 Å². The summed E-state index contributed by atoms with van der Waals surface area (Å²) in [5, 5.41) is 19.8. The zero-order valence-electron chi connectivity index (χ0n) is 16.5. The van der Waals surface area contributed by atoms with E-state index in [1.54, 1.807) is 22.2 Å². The molecule has 0 N–H and O–H groups in total. The van der Waals surface area contributed by atoms with Crippen LogP contribution in [0.5, 0.6) is 5.88 Å². The van der Waals surface area contributed by atoms with Gasteiger partial charge in [-0.15, -0.1) is 26.6 Å². The molecule has 4 aromatic heterocycles. The number of aryl methyl sites for hydroxylation is 1. The fourth-order valence-electron chi connectivity index (χ4n) is 2.89. The molecular formula is C19H23N7OS. The molecule has 0 aliphatic rings. The molecular weight excluding hydrogens is 374 g/mol. The highest BCUT2D eigenvalue weighted by Crippen LogP contribution is 2.32. The fourth-order valence-corrected chi connectivity index (χ4v) is 3.58. The quantitative estimate of drug-likeness (QED) is 0.493. The first-order chi connectivity index (χ1) is 13.5. The molecule has 0 amide bonds. The number of aromatic nitrogens is 7. The molecule has 146 valence electrons. The summed E-state index contributed by atoms with van der Waals surface area (Å²) in [5.41, 5.74) is 1.51. The second kappa shape index (κ2) is 7.31. The van der Waals surface area contributed by atoms with Crippen LogP contribution >= 0.6 is 11.3 Å². The Morgan fingerprint density at radius 2 is 2.04 bits per heavy atom. The number of hydrogen-bond acceptors (Lipinski definition) is 7. The Balaban J connectivity index is 1.70. The molecule has 0 atom stereocenters. The van der Waals surface area contributed by atoms with Gasteiger partial charge >= 0.3 is 0 Å². The minimum Gasteiger partial charge on any atom is -0.468 e. The number of ether oxygens (including phenoxy) is 1. The van der Waals surface area contributed by atoms with Gasteiger partial charge in [-0.1, -0.05) is 33.8 Å². The van der Waals surface area contributed by atoms with E-state index in [1.807, 2.05) is 28.3 Å². The van der Waals surface area contributed by atoms with Crippen LogP contribution in [0.15, 0.2) is 29.9 Å². The predicted molar refractivity (Wildman–Crippen MR) is 107 cm³/mol. The average Bonchev–Trinajstić information content (AvgIpc) is 3.39. The highest BCUT2D eigenvalue weighted by Gasteiger charge is 2.24. The third-order valence-electron chi connectivity index (χ3n) is 4.28. The smallest absolute Gasteiger partial charge is 0.236 e. The molecule has 9 heteroatoms. The van der Waals surface area contributed by atoms with Crippen LogP contribution in [0.3, 0.4) is 0 Å². The molecule has 0 aliphatic carbocycles. The van der Waals surface area contributed by atoms with Crippen molar-refractivity contribution in [1.82, 2.24) is 34.6 Å². The van der Waals surface area contributed by atoms with Crippen molar-refractivity contribution in [3.05, 3.63) is 41.3 Å². The molecule has 0 unspecified atom stereocenters. The van der Waals surface area contributed by atoms with Crippen molar-refractivity contribution in [2.45, 2.75) is 52.7 Å². The molecule has 8 nitrogen and oxygen atoms in total. The summed E-state index contributed by atoms with van der Waals surface area (Å²) < 4.78 is 9.63. The van der Waals surface area contributed by atoms with E-state index in [1.165, 1.54) is 0 Å². The Kier molecular flexibility index (Phi) is 4.84. The molecule has 28 heavy (non-hydrogen) atoms. The molecule has 4 aromatic rings. The van der Waals surface area contributed by atoms with E-state index in [-0.39, 0.29) is 12.0 Å². The highest BCUT2D eigenvalue weighted by atomic mass is 32.1. The normalized spacial score (nSPS) is 12.0. The summed E-state index contributed by atoms with van der Waals surface area (Å²) in [6.45, 7) is 9.58. The molecule has 0 fully saturated rings. The molecule has 0 bridgehead atoms. The second-order valence-corrected chi connectivity index (χ2v) is 8.54. The maximum Gasteiger partial charge on any atom is 0.236 e. The minimum absolute atomic E-state index is 0.159. The van der Waals surface area contributed by atoms with Gasteiger partial charge in [0.15, 0.2) is 23.9 Å². The van der Waals surface area contributed by atoms with E-state index in [0.29, 0.717) is 23.2 Å². The second-order valence-electron chi connectivity index (χ2n) is 7.60. The predicted octanol–water partition coefficient (Wildman–Crippen LogP) is 3.73. The van der Waals surface area contributed by atoms with Gasteiger partial charge in [0.2, 0.25) is 5.88 Å². The van der Waals surface area contributed by atoms with Gasteiger partial charge in [0.1, 0.15) is 6.33 Å². The van der Waals surface area contributed by atoms with Gasteiger partial charge in [0, 0.05) is 12.1 Å². The summed E-state index contributed by atoms with van der Waals surface area (Å²) in [6, 6.07) is 5.99. The fraction of sp³-hybridized carbons (Fsp3) is 0.421. The maximum absolute atomic E-state index is 6.07. The lowest BCUT2D eigenvalue weighted by Crippen LogP contribution is -2.16. The first-order valence-electron chi connectivity index (χ1n) is 9.27. The minimum atomic E-state index is -0.159. The number of thiophene rings is 1. The van der Waals surface area contributed by atoms with E-state index in [2.05, 4.69) is 48.0 Å². The Morgan fingerprint density at radius 1 is 1.18 bits per heavy atom. The topological polar surface area (TPSA) is 83.0 Å². The van der Waals surface area contributed by atoms with Crippen LogP contribution < -0.4 is 4.74 Å². The van der Waals surface area contributed by atoms with Crippen LogP contribution in [0.25, 0.3) is 16.3 Å². The standard InChI is InChI=1S/C19H23N7OS/c1-5-8-25-12-20-15(23-25)11-27-18-13(19(2,3)4)10-16-21-22-17(26(16)24-18)14-7-6-9-28-14/h6-7,9-10,12H,5,8,11H2,1-4H3. The largest absolute Gasteiger partial charge is 0.468 e. The van der Waals surface area contributed by atoms with E-state index >= 15 is 0 Å². The monoisotopic (exact) mass is 397 g/mol. The van der Waals surface area contributed by atoms with Gasteiger partial charge in [0.25, 0.3) is 0 Å². The Labute approximate surface area is 167 Å². The number of rotatable bonds is 6. The third kappa shape index (κ3) is 3.62. The molecule has 4 rings (SSSR count). The van der Waals surface area contributed by atoms with Crippen LogP contribution in [0, 0.1) is 0 Å². The van der Waals surface area contributed by atoms with E-state index < -0.39 is 0 Å². The zero-order chi connectivity index (χ0) is 19.7. The lowest BCUT2D eigenvalue weighted by molar-refractivity contribution is 0.270. The lowest BCUT2D eigenvalue weighted by atomic mass is 9.88. The van der Waals surface area contributed by atoms with Gasteiger partial charge in [-0.2, -0.15) is 9.61 Å². The number of hydrogen-bond donors (Lipinski definition) is 0. The summed E-state index contributed by atoms with van der Waals surface area (Å²) in [6.07, 6.45) is 2.74. The SMILES string of the molecule is CCCn1cnc(COc2nn3c(-c4cccs4)nnc3cc2C(C)(C)C)n1. The lowest BCUT2D eigenvalue weighted by Gasteiger charge is -2.21. The summed E-state index contributed by atoms with van der Waals surface area (Å²) in [5.74, 6) is 1.89. The third-order valence-corrected chi connectivity index (χ3v) is 5.15. The van der Waals surface area contributed by atoms with Crippen molar-refractivity contribution in [3.63, 3.8) is 0 Å². The van der Waals surface area contributed by atoms with E-state index in [0.717, 1.165) is 23.4 Å². The summed E-state index contributed by atoms with van der Waals surface area (Å²) in [7, 11) is 0. The molecule has 0 radical (unpaired) electrons. The highest BCUT2D eigenvalue weighted by molar-refractivity contribution is 7.13.